The molecule has 33 heavy (non-hydrogen) atoms. The smallest absolute Gasteiger partial charge is 0.308 e. The molecule has 1 heterocycles. The Morgan fingerprint density at radius 3 is 2.21 bits per heavy atom. The van der Waals surface area contributed by atoms with Gasteiger partial charge in [-0.1, -0.05) is 85.0 Å². The lowest BCUT2D eigenvalue weighted by Crippen LogP contribution is -2.60. The molecule has 1 rings (SSSR count). The van der Waals surface area contributed by atoms with Gasteiger partial charge in [0.2, 0.25) is 11.8 Å². The Bertz CT molecular complexity index is 612. The van der Waals surface area contributed by atoms with Crippen molar-refractivity contribution < 1.29 is 19.1 Å². The third kappa shape index (κ3) is 13.6. The van der Waals surface area contributed by atoms with E-state index in [4.69, 9.17) is 17.0 Å². The lowest BCUT2D eigenvalue weighted by atomic mass is 10.1. The van der Waals surface area contributed by atoms with Gasteiger partial charge in [0.1, 0.15) is 6.04 Å². The molecule has 2 amide bonds. The van der Waals surface area contributed by atoms with Crippen molar-refractivity contribution in [2.75, 3.05) is 19.7 Å². The Morgan fingerprint density at radius 1 is 1.06 bits per heavy atom. The average Bonchev–Trinajstić information content (AvgIpc) is 2.77. The molecule has 7 nitrogen and oxygen atoms in total. The molecule has 0 aromatic carbocycles. The normalized spacial score (nSPS) is 15.9. The minimum atomic E-state index is -0.756. The standard InChI is InChI=1S/C25H45N3O4S/c1-4-5-6-7-8-9-10-11-12-13-14-15-22(29)27-25(33)28-17-16-26-24(31)21(28)18-23(30)32-19-20(2)3/h20-21H,4-19H2,1-3H3,(H,26,31)(H,27,29,33). The maximum atomic E-state index is 12.3. The summed E-state index contributed by atoms with van der Waals surface area (Å²) in [6.07, 6.45) is 13.9. The van der Waals surface area contributed by atoms with Crippen molar-refractivity contribution in [2.45, 2.75) is 110 Å². The van der Waals surface area contributed by atoms with E-state index in [1.54, 1.807) is 4.90 Å². The van der Waals surface area contributed by atoms with Crippen molar-refractivity contribution in [3.8, 4) is 0 Å². The SMILES string of the molecule is CCCCCCCCCCCCCC(=O)NC(=S)N1CCNC(=O)C1CC(=O)OCC(C)C. The number of amides is 2. The number of piperazine rings is 1. The third-order valence-electron chi connectivity index (χ3n) is 5.78. The Balaban J connectivity index is 2.26. The quantitative estimate of drug-likeness (QED) is 0.191. The molecule has 1 unspecified atom stereocenters. The number of nitrogens with one attached hydrogen (secondary N) is 2. The first-order chi connectivity index (χ1) is 15.8. The van der Waals surface area contributed by atoms with E-state index in [1.807, 2.05) is 13.8 Å². The number of esters is 1. The van der Waals surface area contributed by atoms with Crippen LogP contribution in [0.15, 0.2) is 0 Å². The number of rotatable bonds is 16. The van der Waals surface area contributed by atoms with Gasteiger partial charge in [-0.2, -0.15) is 0 Å². The highest BCUT2D eigenvalue weighted by atomic mass is 32.1. The second-order valence-corrected chi connectivity index (χ2v) is 9.81. The zero-order valence-corrected chi connectivity index (χ0v) is 21.8. The van der Waals surface area contributed by atoms with Gasteiger partial charge >= 0.3 is 5.97 Å². The highest BCUT2D eigenvalue weighted by molar-refractivity contribution is 7.80. The van der Waals surface area contributed by atoms with Crippen LogP contribution in [0.4, 0.5) is 0 Å². The minimum absolute atomic E-state index is 0.0901. The van der Waals surface area contributed by atoms with E-state index in [0.29, 0.717) is 26.1 Å². The predicted molar refractivity (Wildman–Crippen MR) is 136 cm³/mol. The number of carbonyl (C=O) groups excluding carboxylic acids is 3. The molecule has 1 atom stereocenters. The van der Waals surface area contributed by atoms with Crippen molar-refractivity contribution in [1.82, 2.24) is 15.5 Å². The van der Waals surface area contributed by atoms with Crippen LogP contribution in [0.25, 0.3) is 0 Å². The number of hydrogen-bond acceptors (Lipinski definition) is 5. The number of ether oxygens (including phenoxy) is 1. The van der Waals surface area contributed by atoms with Crippen LogP contribution in [0.5, 0.6) is 0 Å². The largest absolute Gasteiger partial charge is 0.465 e. The van der Waals surface area contributed by atoms with Crippen molar-refractivity contribution >= 4 is 35.1 Å². The van der Waals surface area contributed by atoms with Crippen LogP contribution >= 0.6 is 12.2 Å². The summed E-state index contributed by atoms with van der Waals surface area (Å²) in [5, 5.41) is 5.71. The van der Waals surface area contributed by atoms with Gasteiger partial charge in [-0.25, -0.2) is 0 Å². The van der Waals surface area contributed by atoms with Crippen molar-refractivity contribution in [3.05, 3.63) is 0 Å². The molecule has 1 fully saturated rings. The summed E-state index contributed by atoms with van der Waals surface area (Å²) in [6.45, 7) is 7.33. The number of carbonyl (C=O) groups is 3. The summed E-state index contributed by atoms with van der Waals surface area (Å²) in [7, 11) is 0. The topological polar surface area (TPSA) is 87.7 Å². The number of thiocarbonyl (C=S) groups is 1. The minimum Gasteiger partial charge on any atom is -0.465 e. The molecule has 1 aliphatic heterocycles. The first kappa shape index (κ1) is 29.3. The molecule has 0 aromatic rings. The van der Waals surface area contributed by atoms with Gasteiger partial charge in [-0.3, -0.25) is 14.4 Å². The van der Waals surface area contributed by atoms with E-state index in [9.17, 15) is 14.4 Å². The molecule has 0 spiro atoms. The summed E-state index contributed by atoms with van der Waals surface area (Å²) in [5.74, 6) is -0.625. The Labute approximate surface area is 205 Å². The molecule has 1 aliphatic rings. The van der Waals surface area contributed by atoms with Gasteiger partial charge in [0.05, 0.1) is 13.0 Å². The summed E-state index contributed by atoms with van der Waals surface area (Å²) < 4.78 is 5.21. The number of unbranched alkanes of at least 4 members (excludes halogenated alkanes) is 10. The van der Waals surface area contributed by atoms with Crippen LogP contribution in [-0.2, 0) is 19.1 Å². The van der Waals surface area contributed by atoms with Crippen LogP contribution in [0.2, 0.25) is 0 Å². The van der Waals surface area contributed by atoms with Crippen LogP contribution in [-0.4, -0.2) is 53.5 Å². The summed E-state index contributed by atoms with van der Waals surface area (Å²) in [4.78, 5) is 38.4. The lowest BCUT2D eigenvalue weighted by Gasteiger charge is -2.36. The second kappa shape index (κ2) is 17.7. The molecule has 0 aromatic heterocycles. The van der Waals surface area contributed by atoms with Crippen LogP contribution in [0.1, 0.15) is 104 Å². The third-order valence-corrected chi connectivity index (χ3v) is 6.12. The Hall–Kier alpha value is -1.70. The van der Waals surface area contributed by atoms with E-state index in [2.05, 4.69) is 17.6 Å². The van der Waals surface area contributed by atoms with E-state index < -0.39 is 12.0 Å². The molecule has 8 heteroatoms. The van der Waals surface area contributed by atoms with Crippen LogP contribution in [0.3, 0.4) is 0 Å². The van der Waals surface area contributed by atoms with E-state index in [-0.39, 0.29) is 29.3 Å². The number of nitrogens with zero attached hydrogens (tertiary/aromatic N) is 1. The van der Waals surface area contributed by atoms with E-state index in [1.165, 1.54) is 51.4 Å². The fourth-order valence-electron chi connectivity index (χ4n) is 3.84. The van der Waals surface area contributed by atoms with Gasteiger partial charge in [0, 0.05) is 19.5 Å². The lowest BCUT2D eigenvalue weighted by molar-refractivity contribution is -0.148. The van der Waals surface area contributed by atoms with Crippen molar-refractivity contribution in [1.29, 1.82) is 0 Å². The summed E-state index contributed by atoms with van der Waals surface area (Å²) in [6, 6.07) is -0.756. The molecule has 0 bridgehead atoms. The first-order valence-electron chi connectivity index (χ1n) is 12.9. The molecule has 0 aliphatic carbocycles. The highest BCUT2D eigenvalue weighted by Gasteiger charge is 2.34. The zero-order chi connectivity index (χ0) is 24.5. The molecular formula is C25H45N3O4S. The van der Waals surface area contributed by atoms with Gasteiger partial charge in [-0.15, -0.1) is 0 Å². The molecule has 1 saturated heterocycles. The van der Waals surface area contributed by atoms with Crippen LogP contribution < -0.4 is 10.6 Å². The molecule has 190 valence electrons. The van der Waals surface area contributed by atoms with Crippen molar-refractivity contribution in [3.63, 3.8) is 0 Å². The Kier molecular flexibility index (Phi) is 15.8. The molecular weight excluding hydrogens is 438 g/mol. The van der Waals surface area contributed by atoms with Gasteiger partial charge in [0.15, 0.2) is 5.11 Å². The van der Waals surface area contributed by atoms with Gasteiger partial charge in [-0.05, 0) is 24.6 Å². The fourth-order valence-corrected chi connectivity index (χ4v) is 4.17. The monoisotopic (exact) mass is 483 g/mol. The first-order valence-corrected chi connectivity index (χ1v) is 13.3. The molecule has 2 N–H and O–H groups in total. The van der Waals surface area contributed by atoms with Gasteiger partial charge < -0.3 is 20.3 Å². The van der Waals surface area contributed by atoms with E-state index >= 15 is 0 Å². The number of hydrogen-bond donors (Lipinski definition) is 2. The highest BCUT2D eigenvalue weighted by Crippen LogP contribution is 2.13. The molecule has 0 saturated carbocycles. The predicted octanol–water partition coefficient (Wildman–Crippen LogP) is 4.48. The maximum absolute atomic E-state index is 12.3. The van der Waals surface area contributed by atoms with E-state index in [0.717, 1.165) is 19.3 Å². The van der Waals surface area contributed by atoms with Gasteiger partial charge in [0.25, 0.3) is 0 Å². The fraction of sp³-hybridized carbons (Fsp3) is 0.840. The summed E-state index contributed by atoms with van der Waals surface area (Å²) in [5.41, 5.74) is 0. The average molecular weight is 484 g/mol. The molecule has 0 radical (unpaired) electrons. The summed E-state index contributed by atoms with van der Waals surface area (Å²) >= 11 is 5.39. The van der Waals surface area contributed by atoms with Crippen LogP contribution in [0, 0.1) is 5.92 Å². The van der Waals surface area contributed by atoms with Crippen molar-refractivity contribution in [2.24, 2.45) is 5.92 Å². The zero-order valence-electron chi connectivity index (χ0n) is 21.0. The Morgan fingerprint density at radius 2 is 1.64 bits per heavy atom. The maximum Gasteiger partial charge on any atom is 0.308 e. The second-order valence-electron chi connectivity index (χ2n) is 9.42.